The number of ketones is 1. The lowest BCUT2D eigenvalue weighted by atomic mass is 9.82. The highest BCUT2D eigenvalue weighted by molar-refractivity contribution is 6.38. The first kappa shape index (κ1) is 41.1. The summed E-state index contributed by atoms with van der Waals surface area (Å²) in [6, 6.07) is -0.771. The van der Waals surface area contributed by atoms with E-state index in [0.717, 1.165) is 50.6 Å². The molecule has 296 valence electrons. The van der Waals surface area contributed by atoms with E-state index in [1.165, 1.54) is 11.1 Å². The first-order valence-corrected chi connectivity index (χ1v) is 20.0. The summed E-state index contributed by atoms with van der Waals surface area (Å²) >= 11 is 6.07. The molecule has 3 aliphatic carbocycles. The number of carbonyl (C=O) groups is 7. The van der Waals surface area contributed by atoms with E-state index < -0.39 is 70.8 Å². The Kier molecular flexibility index (Phi) is 13.7. The van der Waals surface area contributed by atoms with Crippen molar-refractivity contribution < 1.29 is 33.6 Å². The normalized spacial score (nSPS) is 22.0. The van der Waals surface area contributed by atoms with Gasteiger partial charge >= 0.3 is 11.8 Å². The molecule has 14 nitrogen and oxygen atoms in total. The van der Waals surface area contributed by atoms with Crippen molar-refractivity contribution in [3.8, 4) is 0 Å². The van der Waals surface area contributed by atoms with Gasteiger partial charge in [0.2, 0.25) is 23.5 Å². The Morgan fingerprint density at radius 3 is 2.07 bits per heavy atom. The van der Waals surface area contributed by atoms with Crippen LogP contribution in [-0.4, -0.2) is 93.9 Å². The number of hydrogen-bond acceptors (Lipinski definition) is 8. The van der Waals surface area contributed by atoms with Gasteiger partial charge in [0, 0.05) is 30.5 Å². The van der Waals surface area contributed by atoms with Gasteiger partial charge < -0.3 is 31.5 Å². The molecule has 54 heavy (non-hydrogen) atoms. The second-order valence-corrected chi connectivity index (χ2v) is 17.1. The van der Waals surface area contributed by atoms with Crippen molar-refractivity contribution in [1.29, 1.82) is 0 Å². The van der Waals surface area contributed by atoms with Gasteiger partial charge in [0.05, 0.1) is 11.1 Å². The van der Waals surface area contributed by atoms with Crippen LogP contribution in [0.15, 0.2) is 18.3 Å². The van der Waals surface area contributed by atoms with E-state index in [-0.39, 0.29) is 43.3 Å². The Bertz CT molecular complexity index is 1570. The lowest BCUT2D eigenvalue weighted by Crippen LogP contribution is -2.62. The van der Waals surface area contributed by atoms with Crippen LogP contribution in [0.1, 0.15) is 110 Å². The maximum atomic E-state index is 14.7. The van der Waals surface area contributed by atoms with E-state index in [9.17, 15) is 33.6 Å². The Balaban J connectivity index is 1.37. The van der Waals surface area contributed by atoms with E-state index in [4.69, 9.17) is 11.6 Å². The van der Waals surface area contributed by atoms with Crippen LogP contribution in [0.3, 0.4) is 0 Å². The number of hydrogen-bond donors (Lipinski definition) is 5. The molecular weight excluding hydrogens is 714 g/mol. The topological polar surface area (TPSA) is 196 Å². The molecule has 4 aliphatic rings. The van der Waals surface area contributed by atoms with Crippen molar-refractivity contribution in [2.75, 3.05) is 6.54 Å². The van der Waals surface area contributed by atoms with Gasteiger partial charge in [-0.25, -0.2) is 0 Å². The van der Waals surface area contributed by atoms with Gasteiger partial charge in [0.1, 0.15) is 18.1 Å². The van der Waals surface area contributed by atoms with Crippen molar-refractivity contribution in [3.05, 3.63) is 29.0 Å². The van der Waals surface area contributed by atoms with Gasteiger partial charge in [-0.05, 0) is 87.2 Å². The largest absolute Gasteiger partial charge is 0.347 e. The zero-order valence-electron chi connectivity index (χ0n) is 31.9. The molecule has 0 aromatic carbocycles. The fourth-order valence-electron chi connectivity index (χ4n) is 7.45. The Morgan fingerprint density at radius 1 is 0.852 bits per heavy atom. The van der Waals surface area contributed by atoms with Crippen molar-refractivity contribution >= 4 is 52.8 Å². The fourth-order valence-corrected chi connectivity index (χ4v) is 7.56. The van der Waals surface area contributed by atoms with Gasteiger partial charge in [-0.1, -0.05) is 65.0 Å². The summed E-state index contributed by atoms with van der Waals surface area (Å²) in [5.41, 5.74) is -0.110. The van der Waals surface area contributed by atoms with Crippen molar-refractivity contribution in [3.63, 3.8) is 0 Å². The Morgan fingerprint density at radius 2 is 1.50 bits per heavy atom. The Hall–Kier alpha value is -4.07. The molecule has 3 saturated carbocycles. The summed E-state index contributed by atoms with van der Waals surface area (Å²) < 4.78 is 0. The summed E-state index contributed by atoms with van der Waals surface area (Å²) in [5, 5.41) is 14.3. The maximum Gasteiger partial charge on any atom is 0.309 e. The highest BCUT2D eigenvalue weighted by atomic mass is 35.5. The minimum Gasteiger partial charge on any atom is -0.347 e. The zero-order chi connectivity index (χ0) is 39.2. The van der Waals surface area contributed by atoms with Gasteiger partial charge in [-0.15, -0.1) is 0 Å². The van der Waals surface area contributed by atoms with Crippen LogP contribution in [0.5, 0.6) is 0 Å². The molecule has 5 N–H and O–H groups in total. The van der Waals surface area contributed by atoms with Crippen LogP contribution in [0, 0.1) is 17.3 Å². The summed E-state index contributed by atoms with van der Waals surface area (Å²) in [6.07, 6.45) is 10.4. The molecule has 6 amide bonds. The number of Topliss-reactive ketones (excluding diaryl/α,β-unsaturated/α-hetero) is 1. The first-order chi connectivity index (χ1) is 25.6. The molecule has 1 aliphatic heterocycles. The maximum absolute atomic E-state index is 14.7. The smallest absolute Gasteiger partial charge is 0.309 e. The summed E-state index contributed by atoms with van der Waals surface area (Å²) in [5.74, 6) is -5.18. The molecule has 0 unspecified atom stereocenters. The molecule has 0 bridgehead atoms. The van der Waals surface area contributed by atoms with Crippen LogP contribution in [0.2, 0.25) is 5.02 Å². The number of amides is 6. The van der Waals surface area contributed by atoms with Crippen LogP contribution in [0.25, 0.3) is 0 Å². The molecule has 1 saturated heterocycles. The van der Waals surface area contributed by atoms with Crippen molar-refractivity contribution in [1.82, 2.24) is 36.5 Å². The average molecular weight is 770 g/mol. The van der Waals surface area contributed by atoms with E-state index in [1.54, 1.807) is 12.1 Å². The monoisotopic (exact) mass is 769 g/mol. The molecular formula is C39H56ClN7O7. The number of rotatable bonds is 15. The van der Waals surface area contributed by atoms with Crippen molar-refractivity contribution in [2.24, 2.45) is 17.3 Å². The number of pyridine rings is 1. The summed E-state index contributed by atoms with van der Waals surface area (Å²) in [6.45, 7) is 7.44. The number of carbonyl (C=O) groups excluding carboxylic acids is 7. The molecule has 0 radical (unpaired) electrons. The van der Waals surface area contributed by atoms with E-state index in [2.05, 4.69) is 31.6 Å². The lowest BCUT2D eigenvalue weighted by Gasteiger charge is -2.37. The van der Waals surface area contributed by atoms with Gasteiger partial charge in [0.25, 0.3) is 5.91 Å². The SMILES string of the molecule is CCC[C@H](NC(=O)[C@@H]1C[C@@H](Cc2ccc(Cl)cn2)CN1C(=O)[C@@H](NC(=O)[C@@H](NC(=O)C(=O)NC1CC1)C1CCCCC1)C(C)(C)C)C(=O)C(=O)NC1CC1. The Labute approximate surface area is 322 Å². The third-order valence-electron chi connectivity index (χ3n) is 10.8. The van der Waals surface area contributed by atoms with Gasteiger partial charge in [-0.2, -0.15) is 0 Å². The highest BCUT2D eigenvalue weighted by Gasteiger charge is 2.47. The standard InChI is InChI=1S/C39H56ClN7O7/c1-5-9-28(31(48)35(51)42-25-14-15-25)44-33(49)29-19-22(18-27-13-12-24(40)20-41-27)21-47(29)38(54)32(39(2,3)4)46-34(50)30(23-10-7-6-8-11-23)45-37(53)36(52)43-26-16-17-26/h12-13,20,22-23,25-26,28-30,32H,5-11,14-19,21H2,1-4H3,(H,42,51)(H,43,52)(H,44,49)(H,45,53)(H,46,50)/t22-,28+,29+,30+,32-/m1/s1. The molecule has 1 aromatic rings. The number of likely N-dealkylation sites (tertiary alicyclic amines) is 1. The fraction of sp³-hybridized carbons (Fsp3) is 0.692. The van der Waals surface area contributed by atoms with Crippen LogP contribution >= 0.6 is 11.6 Å². The number of halogens is 1. The highest BCUT2D eigenvalue weighted by Crippen LogP contribution is 2.32. The molecule has 15 heteroatoms. The molecule has 5 rings (SSSR count). The van der Waals surface area contributed by atoms with Crippen molar-refractivity contribution in [2.45, 2.75) is 147 Å². The minimum absolute atomic E-state index is 0.0277. The van der Waals surface area contributed by atoms with E-state index in [0.29, 0.717) is 30.7 Å². The summed E-state index contributed by atoms with van der Waals surface area (Å²) in [7, 11) is 0. The second-order valence-electron chi connectivity index (χ2n) is 16.6. The van der Waals surface area contributed by atoms with E-state index >= 15 is 0 Å². The predicted octanol–water partition coefficient (Wildman–Crippen LogP) is 2.50. The lowest BCUT2D eigenvalue weighted by molar-refractivity contribution is -0.146. The van der Waals surface area contributed by atoms with Gasteiger partial charge in [0.15, 0.2) is 0 Å². The molecule has 2 heterocycles. The predicted molar refractivity (Wildman–Crippen MR) is 201 cm³/mol. The van der Waals surface area contributed by atoms with Crippen LogP contribution < -0.4 is 26.6 Å². The molecule has 1 aromatic heterocycles. The molecule has 4 fully saturated rings. The second kappa shape index (κ2) is 18.0. The van der Waals surface area contributed by atoms with Crippen LogP contribution in [0.4, 0.5) is 0 Å². The minimum atomic E-state index is -1.12. The third kappa shape index (κ3) is 11.2. The van der Waals surface area contributed by atoms with Gasteiger partial charge in [-0.3, -0.25) is 38.5 Å². The van der Waals surface area contributed by atoms with Crippen LogP contribution in [-0.2, 0) is 40.0 Å². The third-order valence-corrected chi connectivity index (χ3v) is 11.0. The number of aromatic nitrogens is 1. The first-order valence-electron chi connectivity index (χ1n) is 19.6. The molecule has 0 spiro atoms. The zero-order valence-corrected chi connectivity index (χ0v) is 32.6. The summed E-state index contributed by atoms with van der Waals surface area (Å²) in [4.78, 5) is 100. The number of nitrogens with zero attached hydrogens (tertiary/aromatic N) is 2. The molecule has 5 atom stereocenters. The number of nitrogens with one attached hydrogen (secondary N) is 5. The average Bonchev–Trinajstić information content (AvgIpc) is 4.08. The van der Waals surface area contributed by atoms with E-state index in [1.807, 2.05) is 27.7 Å². The quantitative estimate of drug-likeness (QED) is 0.168.